The highest BCUT2D eigenvalue weighted by Crippen LogP contribution is 2.34. The molecule has 0 bridgehead atoms. The van der Waals surface area contributed by atoms with Gasteiger partial charge in [-0.15, -0.1) is 0 Å². The Bertz CT molecular complexity index is 779. The van der Waals surface area contributed by atoms with Gasteiger partial charge in [-0.25, -0.2) is 0 Å². The van der Waals surface area contributed by atoms with Gasteiger partial charge in [-0.05, 0) is 43.7 Å². The van der Waals surface area contributed by atoms with Crippen LogP contribution >= 0.6 is 11.6 Å². The molecule has 0 saturated heterocycles. The predicted octanol–water partition coefficient (Wildman–Crippen LogP) is 3.46. The van der Waals surface area contributed by atoms with Crippen molar-refractivity contribution in [2.45, 2.75) is 20.0 Å². The van der Waals surface area contributed by atoms with Crippen LogP contribution in [0.1, 0.15) is 12.5 Å². The van der Waals surface area contributed by atoms with E-state index < -0.39 is 0 Å². The Morgan fingerprint density at radius 2 is 2.17 bits per heavy atom. The molecule has 2 aromatic rings. The molecule has 1 atom stereocenters. The standard InChI is InChI=1S/C18H20ClN3O2/c1-11-3-5-14(8-15(11)19)21-18(23)10-22-9-12(2)24-17-7-13(20)4-6-16(17)22/h3-8,12H,9-10,20H2,1-2H3,(H,21,23). The molecule has 1 unspecified atom stereocenters. The van der Waals surface area contributed by atoms with E-state index in [0.717, 1.165) is 11.3 Å². The highest BCUT2D eigenvalue weighted by molar-refractivity contribution is 6.31. The minimum atomic E-state index is -0.105. The number of hydrogen-bond acceptors (Lipinski definition) is 4. The number of hydrogen-bond donors (Lipinski definition) is 2. The Morgan fingerprint density at radius 1 is 1.38 bits per heavy atom. The maximum Gasteiger partial charge on any atom is 0.243 e. The van der Waals surface area contributed by atoms with Crippen LogP contribution in [0, 0.1) is 6.92 Å². The summed E-state index contributed by atoms with van der Waals surface area (Å²) in [6.07, 6.45) is -0.0130. The fourth-order valence-electron chi connectivity index (χ4n) is 2.74. The molecule has 3 rings (SSSR count). The lowest BCUT2D eigenvalue weighted by Crippen LogP contribution is -2.42. The molecular formula is C18H20ClN3O2. The third-order valence-electron chi connectivity index (χ3n) is 3.92. The molecule has 1 aliphatic heterocycles. The summed E-state index contributed by atoms with van der Waals surface area (Å²) in [7, 11) is 0. The van der Waals surface area contributed by atoms with Crippen molar-refractivity contribution in [2.75, 3.05) is 29.0 Å². The van der Waals surface area contributed by atoms with Crippen LogP contribution in [-0.4, -0.2) is 25.1 Å². The number of amides is 1. The Kier molecular flexibility index (Phi) is 4.53. The minimum absolute atomic E-state index is 0.0130. The van der Waals surface area contributed by atoms with E-state index in [1.165, 1.54) is 0 Å². The Morgan fingerprint density at radius 3 is 2.92 bits per heavy atom. The molecule has 0 fully saturated rings. The van der Waals surface area contributed by atoms with Gasteiger partial charge >= 0.3 is 0 Å². The first kappa shape index (κ1) is 16.5. The number of carbonyl (C=O) groups excluding carboxylic acids is 1. The van der Waals surface area contributed by atoms with Crippen LogP contribution in [0.4, 0.5) is 17.1 Å². The number of rotatable bonds is 3. The van der Waals surface area contributed by atoms with Crippen molar-refractivity contribution in [1.29, 1.82) is 0 Å². The lowest BCUT2D eigenvalue weighted by Gasteiger charge is -2.34. The summed E-state index contributed by atoms with van der Waals surface area (Å²) in [6, 6.07) is 11.0. The zero-order valence-corrected chi connectivity index (χ0v) is 14.4. The fourth-order valence-corrected chi connectivity index (χ4v) is 2.92. The molecule has 126 valence electrons. The van der Waals surface area contributed by atoms with Crippen LogP contribution in [0.3, 0.4) is 0 Å². The van der Waals surface area contributed by atoms with Gasteiger partial charge in [0.2, 0.25) is 5.91 Å². The van der Waals surface area contributed by atoms with Gasteiger partial charge in [-0.3, -0.25) is 4.79 Å². The fraction of sp³-hybridized carbons (Fsp3) is 0.278. The number of nitrogens with one attached hydrogen (secondary N) is 1. The Hall–Kier alpha value is -2.40. The molecule has 24 heavy (non-hydrogen) atoms. The summed E-state index contributed by atoms with van der Waals surface area (Å²) >= 11 is 6.10. The van der Waals surface area contributed by atoms with Crippen LogP contribution in [0.5, 0.6) is 5.75 Å². The van der Waals surface area contributed by atoms with E-state index in [1.807, 2.05) is 43.0 Å². The number of anilines is 3. The topological polar surface area (TPSA) is 67.6 Å². The number of halogens is 1. The predicted molar refractivity (Wildman–Crippen MR) is 98.0 cm³/mol. The van der Waals surface area contributed by atoms with Gasteiger partial charge in [0, 0.05) is 22.5 Å². The third kappa shape index (κ3) is 3.57. The van der Waals surface area contributed by atoms with Gasteiger partial charge in [0.1, 0.15) is 11.9 Å². The molecule has 6 heteroatoms. The van der Waals surface area contributed by atoms with Crippen LogP contribution in [0.25, 0.3) is 0 Å². The van der Waals surface area contributed by atoms with Crippen molar-refractivity contribution in [3.8, 4) is 5.75 Å². The number of nitrogens with two attached hydrogens (primary N) is 1. The van der Waals surface area contributed by atoms with E-state index in [-0.39, 0.29) is 18.6 Å². The molecule has 2 aromatic carbocycles. The van der Waals surface area contributed by atoms with Gasteiger partial charge in [0.15, 0.2) is 0 Å². The van der Waals surface area contributed by atoms with Gasteiger partial charge in [-0.1, -0.05) is 17.7 Å². The smallest absolute Gasteiger partial charge is 0.243 e. The number of carbonyl (C=O) groups is 1. The average molecular weight is 346 g/mol. The number of aryl methyl sites for hydroxylation is 1. The summed E-state index contributed by atoms with van der Waals surface area (Å²) in [5.41, 5.74) is 8.99. The first-order chi connectivity index (χ1) is 11.4. The van der Waals surface area contributed by atoms with E-state index in [2.05, 4.69) is 5.32 Å². The van der Waals surface area contributed by atoms with Gasteiger partial charge in [0.05, 0.1) is 18.8 Å². The molecule has 1 aliphatic rings. The first-order valence-corrected chi connectivity index (χ1v) is 8.17. The van der Waals surface area contributed by atoms with E-state index in [4.69, 9.17) is 22.1 Å². The molecule has 0 aromatic heterocycles. The molecule has 0 saturated carbocycles. The van der Waals surface area contributed by atoms with E-state index >= 15 is 0 Å². The molecular weight excluding hydrogens is 326 g/mol. The van der Waals surface area contributed by atoms with Crippen molar-refractivity contribution in [3.63, 3.8) is 0 Å². The summed E-state index contributed by atoms with van der Waals surface area (Å²) in [6.45, 7) is 4.76. The zero-order valence-electron chi connectivity index (χ0n) is 13.7. The molecule has 0 radical (unpaired) electrons. The second-order valence-electron chi connectivity index (χ2n) is 6.05. The SMILES string of the molecule is Cc1ccc(NC(=O)CN2CC(C)Oc3cc(N)ccc32)cc1Cl. The maximum absolute atomic E-state index is 12.4. The summed E-state index contributed by atoms with van der Waals surface area (Å²) in [4.78, 5) is 14.4. The second kappa shape index (κ2) is 6.61. The van der Waals surface area contributed by atoms with Crippen LogP contribution in [-0.2, 0) is 4.79 Å². The summed E-state index contributed by atoms with van der Waals surface area (Å²) < 4.78 is 5.80. The first-order valence-electron chi connectivity index (χ1n) is 7.79. The van der Waals surface area contributed by atoms with Crippen molar-refractivity contribution in [2.24, 2.45) is 0 Å². The minimum Gasteiger partial charge on any atom is -0.487 e. The van der Waals surface area contributed by atoms with E-state index in [1.54, 1.807) is 12.1 Å². The van der Waals surface area contributed by atoms with Crippen LogP contribution in [0.2, 0.25) is 5.02 Å². The normalized spacial score (nSPS) is 16.3. The lowest BCUT2D eigenvalue weighted by atomic mass is 10.1. The number of benzene rings is 2. The number of fused-ring (bicyclic) bond motifs is 1. The molecule has 0 aliphatic carbocycles. The monoisotopic (exact) mass is 345 g/mol. The van der Waals surface area contributed by atoms with E-state index in [9.17, 15) is 4.79 Å². The Balaban J connectivity index is 1.73. The highest BCUT2D eigenvalue weighted by Gasteiger charge is 2.24. The molecule has 1 amide bonds. The Labute approximate surface area is 146 Å². The second-order valence-corrected chi connectivity index (χ2v) is 6.46. The summed E-state index contributed by atoms with van der Waals surface area (Å²) in [5.74, 6) is 0.603. The zero-order chi connectivity index (χ0) is 17.3. The molecule has 1 heterocycles. The molecule has 3 N–H and O–H groups in total. The average Bonchev–Trinajstić information content (AvgIpc) is 2.50. The van der Waals surface area contributed by atoms with Crippen LogP contribution in [0.15, 0.2) is 36.4 Å². The number of nitrogens with zero attached hydrogens (tertiary/aromatic N) is 1. The number of ether oxygens (including phenoxy) is 1. The van der Waals surface area contributed by atoms with Crippen molar-refractivity contribution in [3.05, 3.63) is 47.0 Å². The van der Waals surface area contributed by atoms with Crippen molar-refractivity contribution >= 4 is 34.6 Å². The lowest BCUT2D eigenvalue weighted by molar-refractivity contribution is -0.115. The largest absolute Gasteiger partial charge is 0.487 e. The quantitative estimate of drug-likeness (QED) is 0.836. The maximum atomic E-state index is 12.4. The number of nitrogen functional groups attached to an aromatic ring is 1. The molecule has 5 nitrogen and oxygen atoms in total. The van der Waals surface area contributed by atoms with Gasteiger partial charge < -0.3 is 20.7 Å². The van der Waals surface area contributed by atoms with Gasteiger partial charge in [-0.2, -0.15) is 0 Å². The molecule has 0 spiro atoms. The third-order valence-corrected chi connectivity index (χ3v) is 4.33. The van der Waals surface area contributed by atoms with Crippen LogP contribution < -0.4 is 20.7 Å². The highest BCUT2D eigenvalue weighted by atomic mass is 35.5. The van der Waals surface area contributed by atoms with Crippen molar-refractivity contribution < 1.29 is 9.53 Å². The van der Waals surface area contributed by atoms with Gasteiger partial charge in [0.25, 0.3) is 0 Å². The van der Waals surface area contributed by atoms with E-state index in [0.29, 0.717) is 28.7 Å². The summed E-state index contributed by atoms with van der Waals surface area (Å²) in [5, 5.41) is 3.52. The van der Waals surface area contributed by atoms with Crippen molar-refractivity contribution in [1.82, 2.24) is 0 Å².